The average molecular weight is 245 g/mol. The van der Waals surface area contributed by atoms with E-state index in [0.29, 0.717) is 6.07 Å². The minimum absolute atomic E-state index is 0.0460. The number of Topliss-reactive ketones (excluding diaryl/α,β-unsaturated/α-hetero) is 1. The van der Waals surface area contributed by atoms with Gasteiger partial charge in [0.15, 0.2) is 28.9 Å². The highest BCUT2D eigenvalue weighted by atomic mass is 19.1. The fourth-order valence-corrected chi connectivity index (χ4v) is 1.49. The highest BCUT2D eigenvalue weighted by molar-refractivity contribution is 6.01. The Labute approximate surface area is 97.3 Å². The monoisotopic (exact) mass is 245 g/mol. The second-order valence-corrected chi connectivity index (χ2v) is 3.24. The van der Waals surface area contributed by atoms with Gasteiger partial charge in [0.25, 0.3) is 0 Å². The van der Waals surface area contributed by atoms with Gasteiger partial charge >= 0.3 is 0 Å². The Morgan fingerprint density at radius 2 is 1.71 bits per heavy atom. The predicted molar refractivity (Wildman–Crippen MR) is 57.5 cm³/mol. The van der Waals surface area contributed by atoms with Crippen LogP contribution >= 0.6 is 0 Å². The smallest absolute Gasteiger partial charge is 0.171 e. The maximum atomic E-state index is 13.4. The first-order valence-corrected chi connectivity index (χ1v) is 4.90. The van der Waals surface area contributed by atoms with E-state index in [2.05, 4.69) is 0 Å². The fraction of sp³-hybridized carbons (Fsp3) is 0.364. The quantitative estimate of drug-likeness (QED) is 0.799. The van der Waals surface area contributed by atoms with Gasteiger partial charge in [-0.25, -0.2) is 8.78 Å². The zero-order valence-electron chi connectivity index (χ0n) is 9.55. The van der Waals surface area contributed by atoms with Crippen molar-refractivity contribution < 1.29 is 23.0 Å². The molecule has 0 saturated carbocycles. The Morgan fingerprint density at radius 3 is 2.06 bits per heavy atom. The lowest BCUT2D eigenvalue weighted by atomic mass is 10.0. The molecule has 0 bridgehead atoms. The van der Waals surface area contributed by atoms with Gasteiger partial charge in [-0.3, -0.25) is 4.79 Å². The van der Waals surface area contributed by atoms with Gasteiger partial charge in [0.2, 0.25) is 0 Å². The number of carbonyl (C=O) groups is 1. The predicted octanol–water partition coefficient (Wildman–Crippen LogP) is 1.51. The van der Waals surface area contributed by atoms with Crippen molar-refractivity contribution in [2.24, 2.45) is 5.73 Å². The van der Waals surface area contributed by atoms with Gasteiger partial charge in [0.05, 0.1) is 14.2 Å². The lowest BCUT2D eigenvalue weighted by Gasteiger charge is -2.13. The van der Waals surface area contributed by atoms with E-state index in [-0.39, 0.29) is 30.0 Å². The molecule has 1 aromatic rings. The fourth-order valence-electron chi connectivity index (χ4n) is 1.49. The molecule has 1 rings (SSSR count). The van der Waals surface area contributed by atoms with Gasteiger partial charge in [0.1, 0.15) is 5.56 Å². The zero-order valence-corrected chi connectivity index (χ0v) is 9.55. The van der Waals surface area contributed by atoms with Crippen molar-refractivity contribution in [1.29, 1.82) is 0 Å². The number of carbonyl (C=O) groups excluding carboxylic acids is 1. The number of ether oxygens (including phenoxy) is 2. The van der Waals surface area contributed by atoms with Crippen molar-refractivity contribution in [1.82, 2.24) is 0 Å². The lowest BCUT2D eigenvalue weighted by molar-refractivity contribution is 0.0977. The third kappa shape index (κ3) is 2.52. The highest BCUT2D eigenvalue weighted by Gasteiger charge is 2.25. The summed E-state index contributed by atoms with van der Waals surface area (Å²) in [6.07, 6.45) is -0.0460. The Kier molecular flexibility index (Phi) is 4.39. The molecule has 0 fully saturated rings. The Balaban J connectivity index is 3.45. The summed E-state index contributed by atoms with van der Waals surface area (Å²) in [6.45, 7) is 0.0727. The third-order valence-electron chi connectivity index (χ3n) is 2.20. The second kappa shape index (κ2) is 5.58. The molecule has 94 valence electrons. The maximum absolute atomic E-state index is 13.4. The number of ketones is 1. The number of halogens is 2. The van der Waals surface area contributed by atoms with Crippen LogP contribution in [0.4, 0.5) is 8.78 Å². The van der Waals surface area contributed by atoms with Crippen LogP contribution in [0.3, 0.4) is 0 Å². The molecule has 0 aromatic heterocycles. The first-order chi connectivity index (χ1) is 8.06. The summed E-state index contributed by atoms with van der Waals surface area (Å²) < 4.78 is 36.4. The summed E-state index contributed by atoms with van der Waals surface area (Å²) >= 11 is 0. The number of rotatable bonds is 5. The number of methoxy groups -OCH3 is 2. The minimum atomic E-state index is -0.953. The van der Waals surface area contributed by atoms with E-state index in [1.807, 2.05) is 0 Å². The first kappa shape index (κ1) is 13.4. The molecular weight excluding hydrogens is 232 g/mol. The molecule has 0 aliphatic rings. The normalized spacial score (nSPS) is 10.2. The molecule has 1 aromatic carbocycles. The summed E-state index contributed by atoms with van der Waals surface area (Å²) in [5.74, 6) is -3.10. The topological polar surface area (TPSA) is 61.5 Å². The van der Waals surface area contributed by atoms with E-state index < -0.39 is 17.4 Å². The van der Waals surface area contributed by atoms with Crippen LogP contribution in [0.25, 0.3) is 0 Å². The molecule has 2 N–H and O–H groups in total. The van der Waals surface area contributed by atoms with Crippen LogP contribution < -0.4 is 15.2 Å². The highest BCUT2D eigenvalue weighted by Crippen LogP contribution is 2.34. The summed E-state index contributed by atoms with van der Waals surface area (Å²) in [4.78, 5) is 11.7. The number of hydrogen-bond acceptors (Lipinski definition) is 4. The third-order valence-corrected chi connectivity index (χ3v) is 2.20. The molecule has 17 heavy (non-hydrogen) atoms. The standard InChI is InChI=1S/C11H13F2NO3/c1-16-10-6(12)5-7(13)11(17-2)9(10)8(15)3-4-14/h5H,3-4,14H2,1-2H3. The van der Waals surface area contributed by atoms with Gasteiger partial charge in [-0.05, 0) is 6.54 Å². The van der Waals surface area contributed by atoms with Gasteiger partial charge in [-0.15, -0.1) is 0 Å². The molecule has 6 heteroatoms. The molecule has 0 aliphatic heterocycles. The molecule has 0 saturated heterocycles. The van der Waals surface area contributed by atoms with E-state index in [9.17, 15) is 13.6 Å². The molecule has 0 aliphatic carbocycles. The molecule has 0 radical (unpaired) electrons. The largest absolute Gasteiger partial charge is 0.493 e. The van der Waals surface area contributed by atoms with Gasteiger partial charge in [-0.1, -0.05) is 0 Å². The Bertz CT molecular complexity index is 407. The van der Waals surface area contributed by atoms with Crippen molar-refractivity contribution in [3.8, 4) is 11.5 Å². The van der Waals surface area contributed by atoms with E-state index in [4.69, 9.17) is 15.2 Å². The van der Waals surface area contributed by atoms with Crippen LogP contribution in [0.5, 0.6) is 11.5 Å². The van der Waals surface area contributed by atoms with Crippen LogP contribution in [-0.2, 0) is 0 Å². The minimum Gasteiger partial charge on any atom is -0.493 e. The van der Waals surface area contributed by atoms with Crippen LogP contribution in [-0.4, -0.2) is 26.5 Å². The van der Waals surface area contributed by atoms with Crippen LogP contribution in [0.1, 0.15) is 16.8 Å². The summed E-state index contributed by atoms with van der Waals surface area (Å²) in [6, 6.07) is 0.608. The molecule has 4 nitrogen and oxygen atoms in total. The molecule has 0 unspecified atom stereocenters. The number of benzene rings is 1. The lowest BCUT2D eigenvalue weighted by Crippen LogP contribution is -2.12. The number of hydrogen-bond donors (Lipinski definition) is 1. The van der Waals surface area contributed by atoms with Crippen LogP contribution in [0, 0.1) is 11.6 Å². The Hall–Kier alpha value is -1.69. The molecular formula is C11H13F2NO3. The average Bonchev–Trinajstić information content (AvgIpc) is 2.28. The van der Waals surface area contributed by atoms with Gasteiger partial charge in [0, 0.05) is 12.5 Å². The maximum Gasteiger partial charge on any atom is 0.171 e. The molecule has 0 heterocycles. The first-order valence-electron chi connectivity index (χ1n) is 4.90. The Morgan fingerprint density at radius 1 is 1.24 bits per heavy atom. The molecule has 0 spiro atoms. The summed E-state index contributed by atoms with van der Waals surface area (Å²) in [5.41, 5.74) is 4.98. The molecule has 0 atom stereocenters. The van der Waals surface area contributed by atoms with Crippen molar-refractivity contribution in [3.05, 3.63) is 23.3 Å². The van der Waals surface area contributed by atoms with Crippen molar-refractivity contribution in [2.45, 2.75) is 6.42 Å². The zero-order chi connectivity index (χ0) is 13.0. The van der Waals surface area contributed by atoms with E-state index in [0.717, 1.165) is 0 Å². The summed E-state index contributed by atoms with van der Waals surface area (Å²) in [5, 5.41) is 0. The van der Waals surface area contributed by atoms with Crippen molar-refractivity contribution in [3.63, 3.8) is 0 Å². The SMILES string of the molecule is COc1c(F)cc(F)c(OC)c1C(=O)CCN. The van der Waals surface area contributed by atoms with Gasteiger partial charge in [-0.2, -0.15) is 0 Å². The van der Waals surface area contributed by atoms with E-state index in [1.54, 1.807) is 0 Å². The van der Waals surface area contributed by atoms with E-state index >= 15 is 0 Å². The molecule has 0 amide bonds. The number of nitrogens with two attached hydrogens (primary N) is 1. The second-order valence-electron chi connectivity index (χ2n) is 3.24. The van der Waals surface area contributed by atoms with Crippen molar-refractivity contribution >= 4 is 5.78 Å². The van der Waals surface area contributed by atoms with Crippen LogP contribution in [0.15, 0.2) is 6.07 Å². The van der Waals surface area contributed by atoms with Crippen molar-refractivity contribution in [2.75, 3.05) is 20.8 Å². The van der Waals surface area contributed by atoms with Gasteiger partial charge < -0.3 is 15.2 Å². The summed E-state index contributed by atoms with van der Waals surface area (Å²) in [7, 11) is 2.38. The van der Waals surface area contributed by atoms with E-state index in [1.165, 1.54) is 14.2 Å². The van der Waals surface area contributed by atoms with Crippen LogP contribution in [0.2, 0.25) is 0 Å².